The Bertz CT molecular complexity index is 693. The van der Waals surface area contributed by atoms with Gasteiger partial charge >= 0.3 is 7.12 Å². The van der Waals surface area contributed by atoms with Crippen molar-refractivity contribution in [2.75, 3.05) is 11.9 Å². The van der Waals surface area contributed by atoms with E-state index in [0.29, 0.717) is 11.2 Å². The summed E-state index contributed by atoms with van der Waals surface area (Å²) in [7, 11) is 0.977. The molecule has 2 fully saturated rings. The van der Waals surface area contributed by atoms with Crippen molar-refractivity contribution in [2.24, 2.45) is 5.41 Å². The Morgan fingerprint density at radius 3 is 2.19 bits per heavy atom. The van der Waals surface area contributed by atoms with Gasteiger partial charge in [-0.3, -0.25) is 4.79 Å². The van der Waals surface area contributed by atoms with E-state index in [1.165, 1.54) is 6.07 Å². The average molecular weight is 361 g/mol. The fourth-order valence-electron chi connectivity index (χ4n) is 3.68. The standard InChI is InChI=1S/C20H29BFNO3/c1-7-20(11-8-12-20)17(24)23(6)14-9-10-15(16(22)13-14)21-25-18(2,3)19(4,5)26-21/h9-10,13H,7-8,11-12H2,1-6H3. The predicted octanol–water partition coefficient (Wildman–Crippen LogP) is 3.67. The van der Waals surface area contributed by atoms with E-state index < -0.39 is 24.1 Å². The lowest BCUT2D eigenvalue weighted by Crippen LogP contribution is -2.46. The monoisotopic (exact) mass is 361 g/mol. The number of carbonyl (C=O) groups is 1. The van der Waals surface area contributed by atoms with E-state index in [2.05, 4.69) is 0 Å². The highest BCUT2D eigenvalue weighted by molar-refractivity contribution is 6.62. The summed E-state index contributed by atoms with van der Waals surface area (Å²) in [6, 6.07) is 4.83. The minimum Gasteiger partial charge on any atom is -0.399 e. The Morgan fingerprint density at radius 1 is 1.19 bits per heavy atom. The van der Waals surface area contributed by atoms with E-state index in [0.717, 1.165) is 25.7 Å². The summed E-state index contributed by atoms with van der Waals surface area (Å²) in [5.41, 5.74) is -0.384. The van der Waals surface area contributed by atoms with Gasteiger partial charge in [0.05, 0.1) is 11.2 Å². The molecule has 1 aliphatic heterocycles. The van der Waals surface area contributed by atoms with Crippen LogP contribution in [0, 0.1) is 11.2 Å². The van der Waals surface area contributed by atoms with Crippen LogP contribution < -0.4 is 10.4 Å². The maximum Gasteiger partial charge on any atom is 0.497 e. The number of nitrogens with zero attached hydrogens (tertiary/aromatic N) is 1. The van der Waals surface area contributed by atoms with Gasteiger partial charge in [-0.1, -0.05) is 19.4 Å². The van der Waals surface area contributed by atoms with Crippen LogP contribution in [0.4, 0.5) is 10.1 Å². The minimum atomic E-state index is -0.747. The Kier molecular flexibility index (Phi) is 4.73. The molecule has 142 valence electrons. The van der Waals surface area contributed by atoms with Crippen LogP contribution in [0.3, 0.4) is 0 Å². The van der Waals surface area contributed by atoms with Crippen LogP contribution >= 0.6 is 0 Å². The number of carbonyl (C=O) groups excluding carboxylic acids is 1. The molecular weight excluding hydrogens is 332 g/mol. The fourth-order valence-corrected chi connectivity index (χ4v) is 3.68. The molecule has 1 saturated heterocycles. The maximum atomic E-state index is 14.8. The highest BCUT2D eigenvalue weighted by Crippen LogP contribution is 2.45. The summed E-state index contributed by atoms with van der Waals surface area (Å²) in [4.78, 5) is 14.4. The zero-order valence-electron chi connectivity index (χ0n) is 16.7. The average Bonchev–Trinajstić information content (AvgIpc) is 2.73. The Balaban J connectivity index is 1.81. The van der Waals surface area contributed by atoms with Crippen molar-refractivity contribution in [1.82, 2.24) is 0 Å². The normalized spacial score (nSPS) is 22.8. The second kappa shape index (κ2) is 6.34. The molecule has 1 saturated carbocycles. The van der Waals surface area contributed by atoms with Gasteiger partial charge in [-0.2, -0.15) is 0 Å². The van der Waals surface area contributed by atoms with Crippen molar-refractivity contribution >= 4 is 24.2 Å². The van der Waals surface area contributed by atoms with E-state index >= 15 is 0 Å². The molecule has 1 aromatic carbocycles. The second-order valence-electron chi connectivity index (χ2n) is 8.65. The first-order valence-corrected chi connectivity index (χ1v) is 9.46. The first kappa shape index (κ1) is 19.4. The quantitative estimate of drug-likeness (QED) is 0.769. The molecule has 0 radical (unpaired) electrons. The van der Waals surface area contributed by atoms with Gasteiger partial charge in [0.2, 0.25) is 5.91 Å². The fraction of sp³-hybridized carbons (Fsp3) is 0.650. The van der Waals surface area contributed by atoms with Crippen LogP contribution in [0.1, 0.15) is 60.3 Å². The molecule has 26 heavy (non-hydrogen) atoms. The summed E-state index contributed by atoms with van der Waals surface area (Å²) in [6.45, 7) is 9.80. The molecule has 6 heteroatoms. The predicted molar refractivity (Wildman–Crippen MR) is 102 cm³/mol. The van der Waals surface area contributed by atoms with Crippen molar-refractivity contribution < 1.29 is 18.5 Å². The summed E-state index contributed by atoms with van der Waals surface area (Å²) in [5.74, 6) is -0.339. The summed E-state index contributed by atoms with van der Waals surface area (Å²) >= 11 is 0. The lowest BCUT2D eigenvalue weighted by molar-refractivity contribution is -0.133. The van der Waals surface area contributed by atoms with Gasteiger partial charge < -0.3 is 14.2 Å². The number of halogens is 1. The van der Waals surface area contributed by atoms with E-state index in [4.69, 9.17) is 9.31 Å². The van der Waals surface area contributed by atoms with Gasteiger partial charge in [-0.15, -0.1) is 0 Å². The largest absolute Gasteiger partial charge is 0.497 e. The number of hydrogen-bond acceptors (Lipinski definition) is 3. The van der Waals surface area contributed by atoms with Crippen LogP contribution in [0.25, 0.3) is 0 Å². The van der Waals surface area contributed by atoms with Gasteiger partial charge in [-0.25, -0.2) is 4.39 Å². The number of amides is 1. The lowest BCUT2D eigenvalue weighted by atomic mass is 9.66. The van der Waals surface area contributed by atoms with Crippen molar-refractivity contribution in [3.05, 3.63) is 24.0 Å². The van der Waals surface area contributed by atoms with E-state index in [-0.39, 0.29) is 11.3 Å². The lowest BCUT2D eigenvalue weighted by Gasteiger charge is -2.42. The van der Waals surface area contributed by atoms with Gasteiger partial charge in [0, 0.05) is 23.6 Å². The zero-order valence-corrected chi connectivity index (χ0v) is 16.7. The van der Waals surface area contributed by atoms with Crippen LogP contribution in [0.15, 0.2) is 18.2 Å². The van der Waals surface area contributed by atoms with Crippen molar-refractivity contribution in [3.63, 3.8) is 0 Å². The molecule has 4 nitrogen and oxygen atoms in total. The molecule has 1 heterocycles. The zero-order chi connectivity index (χ0) is 19.3. The van der Waals surface area contributed by atoms with Crippen LogP contribution in [-0.2, 0) is 14.1 Å². The van der Waals surface area contributed by atoms with E-state index in [1.54, 1.807) is 24.1 Å². The van der Waals surface area contributed by atoms with Crippen LogP contribution in [0.2, 0.25) is 0 Å². The number of rotatable bonds is 4. The minimum absolute atomic E-state index is 0.0778. The third kappa shape index (κ3) is 2.97. The molecule has 0 aromatic heterocycles. The van der Waals surface area contributed by atoms with Crippen molar-refractivity contribution in [2.45, 2.75) is 71.5 Å². The number of hydrogen-bond donors (Lipinski definition) is 0. The molecule has 0 unspecified atom stereocenters. The highest BCUT2D eigenvalue weighted by atomic mass is 19.1. The first-order chi connectivity index (χ1) is 12.0. The van der Waals surface area contributed by atoms with Crippen molar-refractivity contribution in [3.8, 4) is 0 Å². The molecular formula is C20H29BFNO3. The van der Waals surface area contributed by atoms with Crippen LogP contribution in [-0.4, -0.2) is 31.3 Å². The Hall–Kier alpha value is -1.40. The molecule has 0 atom stereocenters. The molecule has 2 aliphatic rings. The molecule has 1 aliphatic carbocycles. The first-order valence-electron chi connectivity index (χ1n) is 9.46. The van der Waals surface area contributed by atoms with Gasteiger partial charge in [0.25, 0.3) is 0 Å². The topological polar surface area (TPSA) is 38.8 Å². The van der Waals surface area contributed by atoms with Crippen LogP contribution in [0.5, 0.6) is 0 Å². The van der Waals surface area contributed by atoms with Gasteiger partial charge in [-0.05, 0) is 59.1 Å². The van der Waals surface area contributed by atoms with Gasteiger partial charge in [0.1, 0.15) is 5.82 Å². The highest BCUT2D eigenvalue weighted by Gasteiger charge is 2.52. The third-order valence-electron chi connectivity index (χ3n) is 6.62. The summed E-state index contributed by atoms with van der Waals surface area (Å²) < 4.78 is 26.7. The molecule has 0 bridgehead atoms. The Labute approximate surface area is 156 Å². The number of benzene rings is 1. The Morgan fingerprint density at radius 2 is 1.77 bits per heavy atom. The summed E-state index contributed by atoms with van der Waals surface area (Å²) in [6.07, 6.45) is 3.75. The molecule has 1 amide bonds. The molecule has 3 rings (SSSR count). The second-order valence-corrected chi connectivity index (χ2v) is 8.65. The van der Waals surface area contributed by atoms with E-state index in [9.17, 15) is 9.18 Å². The number of anilines is 1. The third-order valence-corrected chi connectivity index (χ3v) is 6.62. The molecule has 1 aromatic rings. The maximum absolute atomic E-state index is 14.8. The molecule has 0 spiro atoms. The molecule has 0 N–H and O–H groups in total. The van der Waals surface area contributed by atoms with E-state index in [1.807, 2.05) is 34.6 Å². The van der Waals surface area contributed by atoms with Gasteiger partial charge in [0.15, 0.2) is 0 Å². The van der Waals surface area contributed by atoms with Crippen molar-refractivity contribution in [1.29, 1.82) is 0 Å². The smallest absolute Gasteiger partial charge is 0.399 e. The summed E-state index contributed by atoms with van der Waals surface area (Å²) in [5, 5.41) is 0. The SMILES string of the molecule is CCC1(C(=O)N(C)c2ccc(B3OC(C)(C)C(C)(C)O3)c(F)c2)CCC1.